The van der Waals surface area contributed by atoms with Gasteiger partial charge >= 0.3 is 0 Å². The topological polar surface area (TPSA) is 57.0 Å². The number of ether oxygens (including phenoxy) is 1. The molecule has 0 N–H and O–H groups in total. The molecule has 0 unspecified atom stereocenters. The molecule has 0 bridgehead atoms. The number of hydrogen-bond donors (Lipinski definition) is 0. The lowest BCUT2D eigenvalue weighted by atomic mass is 10.2. The normalized spacial score (nSPS) is 11.3. The Morgan fingerprint density at radius 1 is 1.12 bits per heavy atom. The minimum absolute atomic E-state index is 0.0777. The van der Waals surface area contributed by atoms with Crippen molar-refractivity contribution in [2.75, 3.05) is 7.11 Å². The lowest BCUT2D eigenvalue weighted by Crippen LogP contribution is -2.23. The quantitative estimate of drug-likeness (QED) is 0.220. The number of fused-ring (bicyclic) bond motifs is 3. The minimum Gasteiger partial charge on any atom is -0.497 e. The van der Waals surface area contributed by atoms with Gasteiger partial charge in [-0.3, -0.25) is 9.36 Å². The van der Waals surface area contributed by atoms with Gasteiger partial charge in [-0.2, -0.15) is 0 Å². The number of rotatable bonds is 6. The molecule has 0 amide bonds. The highest BCUT2D eigenvalue weighted by Gasteiger charge is 2.18. The van der Waals surface area contributed by atoms with Crippen molar-refractivity contribution >= 4 is 55.1 Å². The van der Waals surface area contributed by atoms with Crippen molar-refractivity contribution in [2.24, 2.45) is 0 Å². The first-order chi connectivity index (χ1) is 15.6. The van der Waals surface area contributed by atoms with Gasteiger partial charge in [0.05, 0.1) is 19.2 Å². The molecule has 2 aromatic carbocycles. The molecule has 8 heteroatoms. The van der Waals surface area contributed by atoms with Crippen molar-refractivity contribution in [3.8, 4) is 5.75 Å². The van der Waals surface area contributed by atoms with Crippen LogP contribution < -0.4 is 10.3 Å². The van der Waals surface area contributed by atoms with Crippen molar-refractivity contribution in [1.29, 1.82) is 0 Å². The summed E-state index contributed by atoms with van der Waals surface area (Å²) >= 11 is 9.31. The highest BCUT2D eigenvalue weighted by atomic mass is 35.5. The lowest BCUT2D eigenvalue weighted by molar-refractivity contribution is 0.414. The van der Waals surface area contributed by atoms with E-state index < -0.39 is 0 Å². The zero-order chi connectivity index (χ0) is 22.1. The molecule has 5 aromatic rings. The minimum atomic E-state index is -0.0777. The Balaban J connectivity index is 1.63. The largest absolute Gasteiger partial charge is 0.497 e. The Kier molecular flexibility index (Phi) is 5.87. The summed E-state index contributed by atoms with van der Waals surface area (Å²) in [6.07, 6.45) is 1.73. The van der Waals surface area contributed by atoms with Gasteiger partial charge in [0.1, 0.15) is 15.3 Å². The van der Waals surface area contributed by atoms with Crippen molar-refractivity contribution in [3.63, 3.8) is 0 Å². The van der Waals surface area contributed by atoms with Gasteiger partial charge in [0.25, 0.3) is 5.56 Å². The Bertz CT molecular complexity index is 1500. The third kappa shape index (κ3) is 3.99. The van der Waals surface area contributed by atoms with E-state index >= 15 is 0 Å². The molecule has 5 nitrogen and oxygen atoms in total. The summed E-state index contributed by atoms with van der Waals surface area (Å²) in [5.74, 6) is 1.45. The molecule has 0 aliphatic rings. The van der Waals surface area contributed by atoms with E-state index in [2.05, 4.69) is 4.98 Å². The summed E-state index contributed by atoms with van der Waals surface area (Å²) in [4.78, 5) is 23.7. The highest BCUT2D eigenvalue weighted by molar-refractivity contribution is 7.98. The molecule has 3 aromatic heterocycles. The number of halogens is 1. The van der Waals surface area contributed by atoms with Crippen molar-refractivity contribution in [1.82, 2.24) is 14.5 Å². The highest BCUT2D eigenvalue weighted by Crippen LogP contribution is 2.32. The molecule has 5 rings (SSSR count). The molecule has 3 heterocycles. The predicted molar refractivity (Wildman–Crippen MR) is 132 cm³/mol. The maximum atomic E-state index is 13.6. The van der Waals surface area contributed by atoms with Crippen LogP contribution in [0.2, 0.25) is 5.02 Å². The summed E-state index contributed by atoms with van der Waals surface area (Å²) in [6, 6.07) is 19.3. The van der Waals surface area contributed by atoms with Gasteiger partial charge in [0, 0.05) is 22.4 Å². The van der Waals surface area contributed by atoms with Gasteiger partial charge in [0.15, 0.2) is 5.16 Å². The predicted octanol–water partition coefficient (Wildman–Crippen LogP) is 6.01. The number of nitrogens with zero attached hydrogens (tertiary/aromatic N) is 3. The van der Waals surface area contributed by atoms with E-state index in [4.69, 9.17) is 21.3 Å². The smallest absolute Gasteiger partial charge is 0.272 e. The van der Waals surface area contributed by atoms with Crippen LogP contribution in [0.1, 0.15) is 11.1 Å². The second-order valence-electron chi connectivity index (χ2n) is 7.15. The van der Waals surface area contributed by atoms with Crippen molar-refractivity contribution in [3.05, 3.63) is 93.4 Å². The third-order valence-corrected chi connectivity index (χ3v) is 7.61. The molecule has 0 radical (unpaired) electrons. The first-order valence-electron chi connectivity index (χ1n) is 9.91. The second-order valence-corrected chi connectivity index (χ2v) is 9.50. The summed E-state index contributed by atoms with van der Waals surface area (Å²) < 4.78 is 7.66. The van der Waals surface area contributed by atoms with Crippen LogP contribution in [0.3, 0.4) is 0 Å². The molecule has 0 spiro atoms. The number of hydrogen-bond acceptors (Lipinski definition) is 6. The number of thioether (sulfide) groups is 1. The number of methoxy groups -OCH3 is 1. The van der Waals surface area contributed by atoms with Gasteiger partial charge in [0.2, 0.25) is 0 Å². The van der Waals surface area contributed by atoms with Gasteiger partial charge in [-0.25, -0.2) is 9.97 Å². The Morgan fingerprint density at radius 3 is 2.84 bits per heavy atom. The number of thiophene rings is 1. The fourth-order valence-electron chi connectivity index (χ4n) is 3.50. The fraction of sp³-hybridized carbons (Fsp3) is 0.125. The van der Waals surface area contributed by atoms with E-state index in [9.17, 15) is 4.79 Å². The van der Waals surface area contributed by atoms with Crippen LogP contribution in [0.5, 0.6) is 5.75 Å². The number of aromatic nitrogens is 3. The number of benzene rings is 2. The van der Waals surface area contributed by atoms with Crippen LogP contribution in [-0.2, 0) is 12.3 Å². The molecule has 0 saturated carbocycles. The molecule has 0 atom stereocenters. The van der Waals surface area contributed by atoms with Crippen LogP contribution in [0.4, 0.5) is 0 Å². The van der Waals surface area contributed by atoms with Crippen molar-refractivity contribution < 1.29 is 4.74 Å². The Hall–Kier alpha value is -2.87. The molecular formula is C24H18ClN3O2S2. The average molecular weight is 480 g/mol. The molecule has 160 valence electrons. The molecule has 0 fully saturated rings. The van der Waals surface area contributed by atoms with E-state index in [0.717, 1.165) is 27.1 Å². The molecular weight excluding hydrogens is 462 g/mol. The Morgan fingerprint density at radius 2 is 2.00 bits per heavy atom. The second kappa shape index (κ2) is 8.94. The van der Waals surface area contributed by atoms with Crippen LogP contribution in [0, 0.1) is 0 Å². The zero-order valence-corrected chi connectivity index (χ0v) is 19.5. The monoisotopic (exact) mass is 479 g/mol. The Labute approximate surface area is 197 Å². The van der Waals surface area contributed by atoms with Gasteiger partial charge in [-0.15, -0.1) is 11.3 Å². The summed E-state index contributed by atoms with van der Waals surface area (Å²) in [5, 5.41) is 2.17. The van der Waals surface area contributed by atoms with E-state index in [1.165, 1.54) is 23.1 Å². The van der Waals surface area contributed by atoms with E-state index in [-0.39, 0.29) is 5.56 Å². The summed E-state index contributed by atoms with van der Waals surface area (Å²) in [7, 11) is 1.65. The van der Waals surface area contributed by atoms with Crippen LogP contribution in [-0.4, -0.2) is 21.6 Å². The van der Waals surface area contributed by atoms with Crippen LogP contribution in [0.25, 0.3) is 20.4 Å². The molecule has 32 heavy (non-hydrogen) atoms. The molecule has 0 saturated heterocycles. The van der Waals surface area contributed by atoms with E-state index in [1.807, 2.05) is 60.7 Å². The average Bonchev–Trinajstić information content (AvgIpc) is 3.20. The lowest BCUT2D eigenvalue weighted by Gasteiger charge is -2.13. The zero-order valence-electron chi connectivity index (χ0n) is 17.1. The fourth-order valence-corrected chi connectivity index (χ4v) is 5.66. The summed E-state index contributed by atoms with van der Waals surface area (Å²) in [6.45, 7) is 0.351. The maximum Gasteiger partial charge on any atom is 0.272 e. The van der Waals surface area contributed by atoms with Crippen LogP contribution in [0.15, 0.2) is 76.8 Å². The van der Waals surface area contributed by atoms with Crippen LogP contribution >= 0.6 is 34.7 Å². The SMILES string of the molecule is COc1cccc(CSc2nc3c(sc4ncccc43)c(=O)n2Cc2ccccc2Cl)c1. The van der Waals surface area contributed by atoms with Gasteiger partial charge < -0.3 is 4.74 Å². The van der Waals surface area contributed by atoms with Crippen molar-refractivity contribution in [2.45, 2.75) is 17.5 Å². The summed E-state index contributed by atoms with van der Waals surface area (Å²) in [5.41, 5.74) is 2.59. The standard InChI is InChI=1S/C24H18ClN3O2S2/c1-30-17-8-4-6-15(12-17)14-31-24-27-20-18-9-5-11-26-22(18)32-21(20)23(29)28(24)13-16-7-2-3-10-19(16)25/h2-12H,13-14H2,1H3. The van der Waals surface area contributed by atoms with E-state index in [1.54, 1.807) is 17.9 Å². The number of pyridine rings is 1. The third-order valence-electron chi connectivity index (χ3n) is 5.11. The van der Waals surface area contributed by atoms with Gasteiger partial charge in [-0.05, 0) is 41.5 Å². The van der Waals surface area contributed by atoms with E-state index in [0.29, 0.717) is 32.7 Å². The molecule has 0 aliphatic carbocycles. The molecule has 0 aliphatic heterocycles. The first-order valence-corrected chi connectivity index (χ1v) is 12.1. The maximum absolute atomic E-state index is 13.6. The first kappa shape index (κ1) is 21.0. The van der Waals surface area contributed by atoms with Gasteiger partial charge in [-0.1, -0.05) is 53.7 Å².